The Morgan fingerprint density at radius 3 is 2.24 bits per heavy atom. The maximum atomic E-state index is 13.5. The van der Waals surface area contributed by atoms with Crippen LogP contribution < -0.4 is 0 Å². The number of hydrogen-bond donors (Lipinski definition) is 2. The molecule has 10 heterocycles. The van der Waals surface area contributed by atoms with Crippen molar-refractivity contribution in [2.75, 3.05) is 0 Å². The van der Waals surface area contributed by atoms with Crippen LogP contribution in [0.4, 0.5) is 0 Å². The van der Waals surface area contributed by atoms with Crippen molar-refractivity contribution in [2.24, 2.45) is 17.8 Å². The summed E-state index contributed by atoms with van der Waals surface area (Å²) >= 11 is 5.02. The molecular formula is C40H30N6O4S4. The van der Waals surface area contributed by atoms with Crippen molar-refractivity contribution in [3.8, 4) is 0 Å². The molecule has 3 aromatic rings. The number of fused-ring (bicyclic) bond motifs is 12. The Balaban J connectivity index is 1.31. The van der Waals surface area contributed by atoms with Gasteiger partial charge in [0.15, 0.2) is 16.8 Å². The first-order valence-corrected chi connectivity index (χ1v) is 21.1. The number of thioether (sulfide) groups is 4. The van der Waals surface area contributed by atoms with Gasteiger partial charge >= 0.3 is 0 Å². The highest BCUT2D eigenvalue weighted by Crippen LogP contribution is 2.52. The fraction of sp³-hybridized carbons (Fsp3) is 0.250. The van der Waals surface area contributed by atoms with E-state index in [1.807, 2.05) is 75.4 Å². The number of aromatic nitrogens is 6. The molecule has 0 aromatic carbocycles. The van der Waals surface area contributed by atoms with E-state index in [0.29, 0.717) is 62.1 Å². The molecule has 7 atom stereocenters. The summed E-state index contributed by atoms with van der Waals surface area (Å²) in [6.07, 6.45) is 13.8. The summed E-state index contributed by atoms with van der Waals surface area (Å²) < 4.78 is 0. The van der Waals surface area contributed by atoms with E-state index in [0.717, 1.165) is 22.3 Å². The van der Waals surface area contributed by atoms with E-state index in [-0.39, 0.29) is 47.4 Å². The zero-order chi connectivity index (χ0) is 37.2. The van der Waals surface area contributed by atoms with Crippen molar-refractivity contribution in [3.63, 3.8) is 0 Å². The van der Waals surface area contributed by atoms with Crippen molar-refractivity contribution in [1.82, 2.24) is 29.9 Å². The van der Waals surface area contributed by atoms with Crippen LogP contribution in [0.25, 0.3) is 50.7 Å². The summed E-state index contributed by atoms with van der Waals surface area (Å²) in [5.74, 6) is -0.447. The van der Waals surface area contributed by atoms with Gasteiger partial charge in [0.2, 0.25) is 15.3 Å². The van der Waals surface area contributed by atoms with Crippen LogP contribution in [0.5, 0.6) is 0 Å². The van der Waals surface area contributed by atoms with Gasteiger partial charge < -0.3 is 9.97 Å². The molecule has 0 saturated carbocycles. The number of rotatable bonds is 2. The molecule has 54 heavy (non-hydrogen) atoms. The third kappa shape index (κ3) is 5.35. The molecule has 1 aliphatic carbocycles. The van der Waals surface area contributed by atoms with Gasteiger partial charge in [0.05, 0.1) is 39.2 Å². The van der Waals surface area contributed by atoms with Crippen molar-refractivity contribution in [1.29, 1.82) is 0 Å². The van der Waals surface area contributed by atoms with E-state index in [9.17, 15) is 19.2 Å². The van der Waals surface area contributed by atoms with Crippen LogP contribution in [0.3, 0.4) is 0 Å². The van der Waals surface area contributed by atoms with Gasteiger partial charge in [-0.3, -0.25) is 19.2 Å². The first-order chi connectivity index (χ1) is 26.0. The minimum absolute atomic E-state index is 0.00265. The molecule has 14 heteroatoms. The number of nitrogens with one attached hydrogen (secondary N) is 2. The van der Waals surface area contributed by atoms with Gasteiger partial charge in [-0.25, -0.2) is 19.9 Å². The SMILES string of the molecule is C=C1C(=O)SC(C)c2c1c1cc3nc(nc4[nH]c(cc5nc(nc2[nH]1)C1=C5C2C=CC1C(=O)S2)cc4C1C=CC(C)C(=O)S1)C(C1C=CC(C)SC1=O)=C3. The quantitative estimate of drug-likeness (QED) is 0.191. The monoisotopic (exact) mass is 786 g/mol. The Kier molecular flexibility index (Phi) is 7.89. The van der Waals surface area contributed by atoms with Gasteiger partial charge in [0.25, 0.3) is 0 Å². The predicted octanol–water partition coefficient (Wildman–Crippen LogP) is 8.07. The molecule has 11 rings (SSSR count). The molecule has 8 aliphatic rings. The molecule has 0 spiro atoms. The Bertz CT molecular complexity index is 2670. The lowest BCUT2D eigenvalue weighted by Crippen LogP contribution is -2.26. The number of nitrogens with zero attached hydrogens (tertiary/aromatic N) is 4. The van der Waals surface area contributed by atoms with E-state index >= 15 is 0 Å². The molecule has 0 saturated heterocycles. The Morgan fingerprint density at radius 1 is 0.685 bits per heavy atom. The molecule has 7 aliphatic heterocycles. The van der Waals surface area contributed by atoms with Gasteiger partial charge in [-0.1, -0.05) is 97.0 Å². The highest BCUT2D eigenvalue weighted by atomic mass is 32.2. The number of carbonyl (C=O) groups excluding carboxylic acids is 4. The molecule has 10 nitrogen and oxygen atoms in total. The minimum Gasteiger partial charge on any atom is -0.340 e. The van der Waals surface area contributed by atoms with Crippen molar-refractivity contribution in [2.45, 2.75) is 41.8 Å². The second-order valence-electron chi connectivity index (χ2n) is 14.1. The molecule has 0 radical (unpaired) electrons. The fourth-order valence-electron chi connectivity index (χ4n) is 7.89. The van der Waals surface area contributed by atoms with Gasteiger partial charge in [-0.05, 0) is 38.1 Å². The van der Waals surface area contributed by atoms with E-state index in [4.69, 9.17) is 19.9 Å². The van der Waals surface area contributed by atoms with Crippen LogP contribution in [0, 0.1) is 17.8 Å². The van der Waals surface area contributed by atoms with Crippen LogP contribution in [-0.2, 0) is 19.2 Å². The summed E-state index contributed by atoms with van der Waals surface area (Å²) in [4.78, 5) is 80.3. The van der Waals surface area contributed by atoms with Crippen LogP contribution in [0.2, 0.25) is 0 Å². The zero-order valence-electron chi connectivity index (χ0n) is 29.1. The Hall–Kier alpha value is -4.50. The van der Waals surface area contributed by atoms with E-state index in [1.54, 1.807) is 0 Å². The molecule has 268 valence electrons. The lowest BCUT2D eigenvalue weighted by atomic mass is 9.87. The largest absolute Gasteiger partial charge is 0.340 e. The topological polar surface area (TPSA) is 151 Å². The van der Waals surface area contributed by atoms with Crippen molar-refractivity contribution in [3.05, 3.63) is 101 Å². The highest BCUT2D eigenvalue weighted by Gasteiger charge is 2.43. The predicted molar refractivity (Wildman–Crippen MR) is 219 cm³/mol. The number of H-pyrrole nitrogens is 2. The summed E-state index contributed by atoms with van der Waals surface area (Å²) in [5.41, 5.74) is 8.58. The molecule has 7 unspecified atom stereocenters. The molecule has 3 aromatic heterocycles. The van der Waals surface area contributed by atoms with Crippen molar-refractivity contribution >= 4 is 118 Å². The van der Waals surface area contributed by atoms with E-state index in [1.165, 1.54) is 47.0 Å². The second-order valence-corrected chi connectivity index (χ2v) is 19.1. The number of aromatic amines is 2. The van der Waals surface area contributed by atoms with Crippen LogP contribution in [-0.4, -0.2) is 60.9 Å². The molecule has 0 amide bonds. The van der Waals surface area contributed by atoms with Crippen LogP contribution in [0.1, 0.15) is 71.0 Å². The zero-order valence-corrected chi connectivity index (χ0v) is 32.3. The third-order valence-electron chi connectivity index (χ3n) is 10.5. The van der Waals surface area contributed by atoms with Crippen LogP contribution in [0.15, 0.2) is 61.2 Å². The first kappa shape index (κ1) is 34.0. The second kappa shape index (κ2) is 12.5. The standard InChI is InChI=1S/C40H30N6O4S4/c1-15-5-9-27(53-37(15)47)24-12-20-14-26-32-28-10-8-22(40(50)54-28)31(32)36(44-26)46-35-30-18(4)52-38(48)17(3)29(30)25(43-35)13-19-11-23(33(41-19)45-34(24)42-20)21-7-6-16(2)51-39(21)49/h5-16,18,21-22,27-28H,3H2,1-2,4H3,(H,41,42,45)(H,43,44,46). The third-order valence-corrected chi connectivity index (χ3v) is 15.0. The maximum absolute atomic E-state index is 13.5. The summed E-state index contributed by atoms with van der Waals surface area (Å²) in [6, 6.07) is 5.79. The van der Waals surface area contributed by atoms with Gasteiger partial charge in [0, 0.05) is 60.9 Å². The Labute approximate surface area is 326 Å². The fourth-order valence-corrected chi connectivity index (χ4v) is 11.8. The van der Waals surface area contributed by atoms with Gasteiger partial charge in [-0.15, -0.1) is 0 Å². The first-order valence-electron chi connectivity index (χ1n) is 17.6. The number of hydrogen-bond acceptors (Lipinski definition) is 12. The Morgan fingerprint density at radius 2 is 1.44 bits per heavy atom. The number of allylic oxidation sites excluding steroid dienone is 5. The van der Waals surface area contributed by atoms with Crippen LogP contribution >= 0.6 is 47.0 Å². The number of carbonyl (C=O) groups is 4. The summed E-state index contributed by atoms with van der Waals surface area (Å²) in [6.45, 7) is 10.0. The van der Waals surface area contributed by atoms with Gasteiger partial charge in [-0.2, -0.15) is 0 Å². The summed E-state index contributed by atoms with van der Waals surface area (Å²) in [7, 11) is 0. The highest BCUT2D eigenvalue weighted by molar-refractivity contribution is 8.15. The maximum Gasteiger partial charge on any atom is 0.220 e. The normalized spacial score (nSPS) is 28.5. The lowest BCUT2D eigenvalue weighted by Gasteiger charge is -2.30. The average Bonchev–Trinajstić information content (AvgIpc) is 3.90. The van der Waals surface area contributed by atoms with Crippen molar-refractivity contribution < 1.29 is 19.2 Å². The van der Waals surface area contributed by atoms with E-state index in [2.05, 4.69) is 22.6 Å². The molecule has 10 bridgehead atoms. The minimum atomic E-state index is -0.574. The van der Waals surface area contributed by atoms with E-state index < -0.39 is 11.8 Å². The summed E-state index contributed by atoms with van der Waals surface area (Å²) in [5, 5.41) is -0.722. The average molecular weight is 787 g/mol. The molecular weight excluding hydrogens is 757 g/mol. The van der Waals surface area contributed by atoms with Gasteiger partial charge in [0.1, 0.15) is 11.3 Å². The lowest BCUT2D eigenvalue weighted by molar-refractivity contribution is -0.113. The molecule has 0 fully saturated rings. The smallest absolute Gasteiger partial charge is 0.220 e. The molecule has 2 N–H and O–H groups in total.